The summed E-state index contributed by atoms with van der Waals surface area (Å²) in [5, 5.41) is 0. The summed E-state index contributed by atoms with van der Waals surface area (Å²) in [6.07, 6.45) is 4.78. The van der Waals surface area contributed by atoms with Gasteiger partial charge in [-0.25, -0.2) is 5.43 Å². The molecule has 0 aliphatic heterocycles. The van der Waals surface area contributed by atoms with Crippen LogP contribution in [0, 0.1) is 0 Å². The van der Waals surface area contributed by atoms with Crippen LogP contribution in [-0.2, 0) is 6.54 Å². The van der Waals surface area contributed by atoms with E-state index >= 15 is 0 Å². The lowest BCUT2D eigenvalue weighted by Crippen LogP contribution is -3.00. The highest BCUT2D eigenvalue weighted by Gasteiger charge is 2.16. The van der Waals surface area contributed by atoms with Gasteiger partial charge in [-0.3, -0.25) is 15.0 Å². The Kier molecular flexibility index (Phi) is 6.08. The van der Waals surface area contributed by atoms with Gasteiger partial charge in [-0.2, -0.15) is 4.57 Å². The van der Waals surface area contributed by atoms with Crippen molar-refractivity contribution in [3.63, 3.8) is 0 Å². The molecule has 2 rings (SSSR count). The molecule has 6 nitrogen and oxygen atoms in total. The zero-order valence-electron chi connectivity index (χ0n) is 10.8. The molecule has 1 amide bonds. The van der Waals surface area contributed by atoms with Crippen LogP contribution in [0.1, 0.15) is 20.9 Å². The standard InChI is InChI=1S/C13H13N3O3.BrH/c1-14-15-13(18)10-4-2-6-16(8-10)9-11(17)12-5-3-7-19-12;/h2-8,14H,9H2,1H3;1H. The highest BCUT2D eigenvalue weighted by Crippen LogP contribution is 2.01. The van der Waals surface area contributed by atoms with Crippen LogP contribution in [-0.4, -0.2) is 18.7 Å². The minimum Gasteiger partial charge on any atom is -1.00 e. The van der Waals surface area contributed by atoms with Gasteiger partial charge in [0.05, 0.1) is 6.26 Å². The molecule has 0 fully saturated rings. The topological polar surface area (TPSA) is 75.2 Å². The highest BCUT2D eigenvalue weighted by molar-refractivity contribution is 5.93. The molecule has 7 heteroatoms. The van der Waals surface area contributed by atoms with E-state index in [1.165, 1.54) is 6.26 Å². The summed E-state index contributed by atoms with van der Waals surface area (Å²) in [5.74, 6) is -0.110. The predicted molar refractivity (Wildman–Crippen MR) is 66.2 cm³/mol. The first-order chi connectivity index (χ1) is 9.20. The summed E-state index contributed by atoms with van der Waals surface area (Å²) in [6, 6.07) is 6.65. The number of ketones is 1. The maximum atomic E-state index is 11.9. The maximum absolute atomic E-state index is 11.9. The van der Waals surface area contributed by atoms with Crippen LogP contribution in [0.25, 0.3) is 0 Å². The van der Waals surface area contributed by atoms with Gasteiger partial charge in [0.2, 0.25) is 6.54 Å². The van der Waals surface area contributed by atoms with Crippen molar-refractivity contribution in [2.75, 3.05) is 7.05 Å². The zero-order valence-corrected chi connectivity index (χ0v) is 12.4. The first kappa shape index (κ1) is 16.1. The molecule has 2 N–H and O–H groups in total. The first-order valence-corrected chi connectivity index (χ1v) is 5.73. The maximum Gasteiger partial charge on any atom is 0.271 e. The molecule has 2 aromatic rings. The third-order valence-electron chi connectivity index (χ3n) is 2.48. The van der Waals surface area contributed by atoms with Crippen molar-refractivity contribution in [3.05, 3.63) is 54.2 Å². The molecule has 0 radical (unpaired) electrons. The molecule has 0 aliphatic rings. The second kappa shape index (κ2) is 7.56. The Hall–Kier alpha value is -1.99. The van der Waals surface area contributed by atoms with Crippen LogP contribution in [0.2, 0.25) is 0 Å². The number of nitrogens with one attached hydrogen (secondary N) is 2. The van der Waals surface area contributed by atoms with Gasteiger partial charge < -0.3 is 21.4 Å². The summed E-state index contributed by atoms with van der Waals surface area (Å²) < 4.78 is 6.67. The molecule has 0 spiro atoms. The van der Waals surface area contributed by atoms with Crippen LogP contribution in [0.4, 0.5) is 0 Å². The molecule has 2 heterocycles. The number of hydrazine groups is 1. The second-order valence-corrected chi connectivity index (χ2v) is 3.87. The van der Waals surface area contributed by atoms with Gasteiger partial charge in [-0.1, -0.05) is 0 Å². The number of rotatable bonds is 5. The molecule has 0 aliphatic carbocycles. The molecule has 0 saturated heterocycles. The lowest BCUT2D eigenvalue weighted by molar-refractivity contribution is -0.683. The van der Waals surface area contributed by atoms with Gasteiger partial charge in [0.1, 0.15) is 5.56 Å². The van der Waals surface area contributed by atoms with Gasteiger partial charge in [0.25, 0.3) is 11.7 Å². The molecule has 0 saturated carbocycles. The smallest absolute Gasteiger partial charge is 0.271 e. The second-order valence-electron chi connectivity index (χ2n) is 3.87. The van der Waals surface area contributed by atoms with Crippen LogP contribution < -0.4 is 32.4 Å². The van der Waals surface area contributed by atoms with Gasteiger partial charge in [-0.15, -0.1) is 0 Å². The number of hydrogen-bond donors (Lipinski definition) is 2. The third kappa shape index (κ3) is 4.01. The van der Waals surface area contributed by atoms with E-state index in [0.29, 0.717) is 11.3 Å². The number of carbonyl (C=O) groups is 2. The average molecular weight is 340 g/mol. The van der Waals surface area contributed by atoms with E-state index in [0.717, 1.165) is 0 Å². The average Bonchev–Trinajstić information content (AvgIpc) is 2.93. The van der Waals surface area contributed by atoms with Crippen molar-refractivity contribution in [1.29, 1.82) is 0 Å². The van der Waals surface area contributed by atoms with Crippen molar-refractivity contribution in [2.24, 2.45) is 0 Å². The van der Waals surface area contributed by atoms with Gasteiger partial charge >= 0.3 is 0 Å². The fourth-order valence-corrected chi connectivity index (χ4v) is 1.62. The van der Waals surface area contributed by atoms with Gasteiger partial charge in [-0.05, 0) is 18.2 Å². The Bertz CT molecular complexity index is 584. The molecular weight excluding hydrogens is 326 g/mol. The minimum atomic E-state index is -0.262. The largest absolute Gasteiger partial charge is 1.00 e. The van der Waals surface area contributed by atoms with E-state index in [9.17, 15) is 9.59 Å². The van der Waals surface area contributed by atoms with Crippen LogP contribution in [0.15, 0.2) is 47.3 Å². The summed E-state index contributed by atoms with van der Waals surface area (Å²) >= 11 is 0. The molecule has 0 bridgehead atoms. The molecule has 0 atom stereocenters. The lowest BCUT2D eigenvalue weighted by Gasteiger charge is -2.01. The number of furan rings is 1. The van der Waals surface area contributed by atoms with Gasteiger partial charge in [0.15, 0.2) is 18.2 Å². The van der Waals surface area contributed by atoms with Crippen molar-refractivity contribution < 1.29 is 35.6 Å². The first-order valence-electron chi connectivity index (χ1n) is 5.73. The molecule has 106 valence electrons. The molecular formula is C13H14BrN3O3. The van der Waals surface area contributed by atoms with E-state index < -0.39 is 0 Å². The lowest BCUT2D eigenvalue weighted by atomic mass is 10.2. The fraction of sp³-hybridized carbons (Fsp3) is 0.154. The summed E-state index contributed by atoms with van der Waals surface area (Å²) in [5.41, 5.74) is 5.48. The van der Waals surface area contributed by atoms with Crippen LogP contribution in [0.3, 0.4) is 0 Å². The molecule has 20 heavy (non-hydrogen) atoms. The normalized spacial score (nSPS) is 9.65. The Labute approximate surface area is 126 Å². The molecule has 0 aromatic carbocycles. The van der Waals surface area contributed by atoms with E-state index in [4.69, 9.17) is 4.42 Å². The van der Waals surface area contributed by atoms with E-state index in [1.807, 2.05) is 0 Å². The molecule has 2 aromatic heterocycles. The number of Topliss-reactive ketones (excluding diaryl/α,β-unsaturated/α-hetero) is 1. The Morgan fingerprint density at radius 2 is 2.10 bits per heavy atom. The number of halogens is 1. The van der Waals surface area contributed by atoms with Crippen molar-refractivity contribution in [1.82, 2.24) is 10.9 Å². The SMILES string of the molecule is CNNC(=O)c1ccc[n+](CC(=O)c2ccco2)c1.[Br-]. The number of nitrogens with zero attached hydrogens (tertiary/aromatic N) is 1. The predicted octanol–water partition coefficient (Wildman–Crippen LogP) is -2.68. The van der Waals surface area contributed by atoms with Crippen LogP contribution >= 0.6 is 0 Å². The Morgan fingerprint density at radius 3 is 2.75 bits per heavy atom. The number of pyridine rings is 1. The Morgan fingerprint density at radius 1 is 1.30 bits per heavy atom. The Balaban J connectivity index is 0.00000200. The molecule has 0 unspecified atom stereocenters. The zero-order chi connectivity index (χ0) is 13.7. The van der Waals surface area contributed by atoms with E-state index in [1.54, 1.807) is 48.3 Å². The van der Waals surface area contributed by atoms with Crippen molar-refractivity contribution in [3.8, 4) is 0 Å². The summed E-state index contributed by atoms with van der Waals surface area (Å²) in [4.78, 5) is 23.5. The number of amides is 1. The van der Waals surface area contributed by atoms with Gasteiger partial charge in [0, 0.05) is 13.1 Å². The monoisotopic (exact) mass is 339 g/mol. The highest BCUT2D eigenvalue weighted by atomic mass is 79.9. The summed E-state index contributed by atoms with van der Waals surface area (Å²) in [6.45, 7) is 0.119. The minimum absolute atomic E-state index is 0. The number of aromatic nitrogens is 1. The van der Waals surface area contributed by atoms with E-state index in [-0.39, 0.29) is 35.2 Å². The number of carbonyl (C=O) groups excluding carboxylic acids is 2. The van der Waals surface area contributed by atoms with Crippen molar-refractivity contribution >= 4 is 11.7 Å². The van der Waals surface area contributed by atoms with Crippen LogP contribution in [0.5, 0.6) is 0 Å². The third-order valence-corrected chi connectivity index (χ3v) is 2.48. The van der Waals surface area contributed by atoms with E-state index in [2.05, 4.69) is 10.9 Å². The quantitative estimate of drug-likeness (QED) is 0.353. The van der Waals surface area contributed by atoms with Crippen molar-refractivity contribution in [2.45, 2.75) is 6.54 Å². The summed E-state index contributed by atoms with van der Waals surface area (Å²) in [7, 11) is 1.61. The fourth-order valence-electron chi connectivity index (χ4n) is 1.62. The number of hydrogen-bond acceptors (Lipinski definition) is 4.